The Morgan fingerprint density at radius 1 is 1.42 bits per heavy atom. The monoisotopic (exact) mass is 269 g/mol. The second-order valence-corrected chi connectivity index (χ2v) is 5.42. The van der Waals surface area contributed by atoms with Gasteiger partial charge in [0.15, 0.2) is 0 Å². The lowest BCUT2D eigenvalue weighted by atomic mass is 10.1. The zero-order chi connectivity index (χ0) is 14.6. The minimum atomic E-state index is -1.07. The molecule has 0 aliphatic carbocycles. The molecule has 0 saturated carbocycles. The Hall–Kier alpha value is -1.97. The van der Waals surface area contributed by atoms with Crippen LogP contribution in [0.5, 0.6) is 0 Å². The van der Waals surface area contributed by atoms with Gasteiger partial charge in [-0.05, 0) is 20.8 Å². The summed E-state index contributed by atoms with van der Waals surface area (Å²) in [7, 11) is 0. The van der Waals surface area contributed by atoms with Crippen molar-refractivity contribution in [2.45, 2.75) is 38.8 Å². The summed E-state index contributed by atoms with van der Waals surface area (Å²) in [5.41, 5.74) is -0.592. The first-order valence-electron chi connectivity index (χ1n) is 6.09. The van der Waals surface area contributed by atoms with Crippen molar-refractivity contribution >= 4 is 12.2 Å². The Morgan fingerprint density at radius 3 is 2.53 bits per heavy atom. The van der Waals surface area contributed by atoms with E-state index in [-0.39, 0.29) is 26.1 Å². The Bertz CT molecular complexity index is 397. The topological polar surface area (TPSA) is 93.9 Å². The zero-order valence-corrected chi connectivity index (χ0v) is 11.4. The molecule has 1 atom stereocenters. The summed E-state index contributed by atoms with van der Waals surface area (Å²) in [4.78, 5) is 25.6. The molecule has 19 heavy (non-hydrogen) atoms. The fourth-order valence-electron chi connectivity index (χ4n) is 1.88. The summed E-state index contributed by atoms with van der Waals surface area (Å²) in [6, 6.07) is 1.45. The second-order valence-electron chi connectivity index (χ2n) is 5.42. The number of ether oxygens (including phenoxy) is 1. The van der Waals surface area contributed by atoms with Gasteiger partial charge in [0, 0.05) is 19.6 Å². The molecular formula is C12H19N3O4. The van der Waals surface area contributed by atoms with Crippen LogP contribution in [0.15, 0.2) is 0 Å². The molecule has 0 spiro atoms. The molecule has 106 valence electrons. The minimum absolute atomic E-state index is 0.0611. The molecular weight excluding hydrogens is 250 g/mol. The van der Waals surface area contributed by atoms with Crippen molar-refractivity contribution in [1.82, 2.24) is 9.80 Å². The third kappa shape index (κ3) is 4.32. The molecule has 0 unspecified atom stereocenters. The SMILES string of the molecule is CC(C)(C)OC(=O)N1CCN(C(=O)O)[C@@H](CC#N)C1. The van der Waals surface area contributed by atoms with E-state index >= 15 is 0 Å². The molecule has 7 nitrogen and oxygen atoms in total. The molecule has 0 aromatic rings. The summed E-state index contributed by atoms with van der Waals surface area (Å²) in [5, 5.41) is 17.8. The van der Waals surface area contributed by atoms with E-state index in [1.165, 1.54) is 9.80 Å². The summed E-state index contributed by atoms with van der Waals surface area (Å²) < 4.78 is 5.24. The van der Waals surface area contributed by atoms with Gasteiger partial charge < -0.3 is 19.6 Å². The lowest BCUT2D eigenvalue weighted by Gasteiger charge is -2.39. The van der Waals surface area contributed by atoms with Gasteiger partial charge in [0.1, 0.15) is 5.60 Å². The smallest absolute Gasteiger partial charge is 0.410 e. The number of hydrogen-bond acceptors (Lipinski definition) is 4. The van der Waals surface area contributed by atoms with Crippen LogP contribution in [0.2, 0.25) is 0 Å². The maximum Gasteiger partial charge on any atom is 0.410 e. The number of carboxylic acid groups (broad SMARTS) is 1. The molecule has 1 aliphatic heterocycles. The van der Waals surface area contributed by atoms with Crippen molar-refractivity contribution < 1.29 is 19.4 Å². The molecule has 1 aliphatic rings. The first-order chi connectivity index (χ1) is 8.74. The van der Waals surface area contributed by atoms with E-state index in [9.17, 15) is 9.59 Å². The van der Waals surface area contributed by atoms with Gasteiger partial charge in [-0.15, -0.1) is 0 Å². The fourth-order valence-corrected chi connectivity index (χ4v) is 1.88. The van der Waals surface area contributed by atoms with Crippen molar-refractivity contribution in [3.8, 4) is 6.07 Å². The average molecular weight is 269 g/mol. The number of rotatable bonds is 1. The van der Waals surface area contributed by atoms with Crippen LogP contribution in [0.3, 0.4) is 0 Å². The normalized spacial score (nSPS) is 19.8. The number of amides is 2. The van der Waals surface area contributed by atoms with E-state index < -0.39 is 23.8 Å². The van der Waals surface area contributed by atoms with E-state index in [1.54, 1.807) is 20.8 Å². The van der Waals surface area contributed by atoms with E-state index in [0.29, 0.717) is 0 Å². The van der Waals surface area contributed by atoms with Gasteiger partial charge in [-0.3, -0.25) is 0 Å². The van der Waals surface area contributed by atoms with E-state index in [4.69, 9.17) is 15.1 Å². The number of carbonyl (C=O) groups is 2. The highest BCUT2D eigenvalue weighted by atomic mass is 16.6. The number of hydrogen-bond donors (Lipinski definition) is 1. The summed E-state index contributed by atoms with van der Waals surface area (Å²) >= 11 is 0. The summed E-state index contributed by atoms with van der Waals surface area (Å²) in [6.07, 6.45) is -1.48. The highest BCUT2D eigenvalue weighted by Crippen LogP contribution is 2.16. The van der Waals surface area contributed by atoms with Gasteiger partial charge in [0.05, 0.1) is 18.5 Å². The summed E-state index contributed by atoms with van der Waals surface area (Å²) in [5.74, 6) is 0. The molecule has 0 aromatic heterocycles. The Kier molecular flexibility index (Phi) is 4.59. The van der Waals surface area contributed by atoms with Gasteiger partial charge in [0.25, 0.3) is 0 Å². The first kappa shape index (κ1) is 15.1. The standard InChI is InChI=1S/C12H19N3O4/c1-12(2,3)19-11(18)14-6-7-15(10(16)17)9(8-14)4-5-13/h9H,4,6-8H2,1-3H3,(H,16,17)/t9-/m0/s1. The molecule has 1 N–H and O–H groups in total. The van der Waals surface area contributed by atoms with Crippen LogP contribution in [-0.2, 0) is 4.74 Å². The number of piperazine rings is 1. The predicted octanol–water partition coefficient (Wildman–Crippen LogP) is 1.50. The van der Waals surface area contributed by atoms with Crippen molar-refractivity contribution in [3.05, 3.63) is 0 Å². The third-order valence-corrected chi connectivity index (χ3v) is 2.71. The molecule has 1 rings (SSSR count). The van der Waals surface area contributed by atoms with Crippen LogP contribution in [0.4, 0.5) is 9.59 Å². The highest BCUT2D eigenvalue weighted by Gasteiger charge is 2.34. The summed E-state index contributed by atoms with van der Waals surface area (Å²) in [6.45, 7) is 5.97. The van der Waals surface area contributed by atoms with Crippen molar-refractivity contribution in [2.24, 2.45) is 0 Å². The lowest BCUT2D eigenvalue weighted by Crippen LogP contribution is -2.56. The van der Waals surface area contributed by atoms with Crippen molar-refractivity contribution in [1.29, 1.82) is 5.26 Å². The maximum atomic E-state index is 11.9. The second kappa shape index (κ2) is 5.78. The van der Waals surface area contributed by atoms with Crippen molar-refractivity contribution in [3.63, 3.8) is 0 Å². The zero-order valence-electron chi connectivity index (χ0n) is 11.4. The molecule has 1 fully saturated rings. The third-order valence-electron chi connectivity index (χ3n) is 2.71. The van der Waals surface area contributed by atoms with Crippen LogP contribution < -0.4 is 0 Å². The van der Waals surface area contributed by atoms with E-state index in [2.05, 4.69) is 0 Å². The molecule has 0 aromatic carbocycles. The minimum Gasteiger partial charge on any atom is -0.465 e. The molecule has 1 heterocycles. The van der Waals surface area contributed by atoms with E-state index in [0.717, 1.165) is 0 Å². The van der Waals surface area contributed by atoms with Crippen LogP contribution in [0, 0.1) is 11.3 Å². The van der Waals surface area contributed by atoms with E-state index in [1.807, 2.05) is 6.07 Å². The Morgan fingerprint density at radius 2 is 2.05 bits per heavy atom. The van der Waals surface area contributed by atoms with Crippen LogP contribution >= 0.6 is 0 Å². The predicted molar refractivity (Wildman–Crippen MR) is 66.6 cm³/mol. The van der Waals surface area contributed by atoms with Gasteiger partial charge in [-0.1, -0.05) is 0 Å². The van der Waals surface area contributed by atoms with Gasteiger partial charge in [-0.2, -0.15) is 5.26 Å². The Labute approximate surface area is 112 Å². The molecule has 7 heteroatoms. The van der Waals surface area contributed by atoms with Crippen molar-refractivity contribution in [2.75, 3.05) is 19.6 Å². The van der Waals surface area contributed by atoms with Crippen LogP contribution in [0.25, 0.3) is 0 Å². The maximum absolute atomic E-state index is 11.9. The fraction of sp³-hybridized carbons (Fsp3) is 0.750. The van der Waals surface area contributed by atoms with Crippen LogP contribution in [0.1, 0.15) is 27.2 Å². The lowest BCUT2D eigenvalue weighted by molar-refractivity contribution is 0.00583. The molecule has 1 saturated heterocycles. The first-order valence-corrected chi connectivity index (χ1v) is 6.09. The number of nitriles is 1. The quantitative estimate of drug-likeness (QED) is 0.778. The Balaban J connectivity index is 2.69. The number of carbonyl (C=O) groups excluding carboxylic acids is 1. The average Bonchev–Trinajstić information content (AvgIpc) is 2.26. The van der Waals surface area contributed by atoms with Gasteiger partial charge in [-0.25, -0.2) is 9.59 Å². The van der Waals surface area contributed by atoms with Gasteiger partial charge in [0.2, 0.25) is 0 Å². The highest BCUT2D eigenvalue weighted by molar-refractivity contribution is 5.70. The molecule has 0 bridgehead atoms. The molecule has 2 amide bonds. The number of nitrogens with zero attached hydrogens (tertiary/aromatic N) is 3. The van der Waals surface area contributed by atoms with Gasteiger partial charge >= 0.3 is 12.2 Å². The largest absolute Gasteiger partial charge is 0.465 e. The van der Waals surface area contributed by atoms with Crippen LogP contribution in [-0.4, -0.2) is 58.4 Å². The molecule has 0 radical (unpaired) electrons.